The maximum Gasteiger partial charge on any atom is 0.335 e. The number of aryl methyl sites for hydroxylation is 3. The molecule has 3 aromatic carbocycles. The maximum absolute atomic E-state index is 10.7. The summed E-state index contributed by atoms with van der Waals surface area (Å²) in [5.74, 6) is 5.19. The van der Waals surface area contributed by atoms with Gasteiger partial charge in [0.2, 0.25) is 0 Å². The van der Waals surface area contributed by atoms with Crippen molar-refractivity contribution in [1.29, 1.82) is 0 Å². The van der Waals surface area contributed by atoms with Crippen molar-refractivity contribution in [3.63, 3.8) is 0 Å². The molecule has 11 heteroatoms. The molecule has 0 saturated heterocycles. The molecule has 0 aliphatic rings. The van der Waals surface area contributed by atoms with Crippen LogP contribution in [0.1, 0.15) is 96.9 Å². The Hall–Kier alpha value is -4.53. The van der Waals surface area contributed by atoms with Crippen LogP contribution in [0.4, 0.5) is 0 Å². The number of nitrogens with two attached hydrogens (primary N) is 2. The van der Waals surface area contributed by atoms with E-state index in [4.69, 9.17) is 33.9 Å². The summed E-state index contributed by atoms with van der Waals surface area (Å²) in [7, 11) is -1.10. The fourth-order valence-electron chi connectivity index (χ4n) is 2.69. The van der Waals surface area contributed by atoms with Gasteiger partial charge in [-0.25, -0.2) is 14.4 Å². The molecule has 0 aliphatic heterocycles. The minimum atomic E-state index is -1.10. The Morgan fingerprint density at radius 1 is 0.755 bits per heavy atom. The minimum absolute atomic E-state index is 0. The molecule has 0 atom stereocenters. The van der Waals surface area contributed by atoms with Gasteiger partial charge in [0.1, 0.15) is 8.07 Å². The molecule has 53 heavy (non-hydrogen) atoms. The third-order valence-corrected chi connectivity index (χ3v) is 7.39. The zero-order valence-corrected chi connectivity index (χ0v) is 37.8. The number of hydrogen-bond donors (Lipinski definition) is 5. The van der Waals surface area contributed by atoms with Gasteiger partial charge in [0.05, 0.1) is 16.7 Å². The topological polar surface area (TPSA) is 164 Å². The molecule has 0 radical (unpaired) electrons. The van der Waals surface area contributed by atoms with Crippen molar-refractivity contribution in [3.05, 3.63) is 128 Å². The van der Waals surface area contributed by atoms with Gasteiger partial charge in [-0.05, 0) is 96.5 Å². The van der Waals surface area contributed by atoms with Gasteiger partial charge in [0.25, 0.3) is 0 Å². The van der Waals surface area contributed by atoms with E-state index < -0.39 is 26.0 Å². The number of carbonyl (C=O) groups is 3. The summed E-state index contributed by atoms with van der Waals surface area (Å²) in [6.07, 6.45) is 14.1. The van der Waals surface area contributed by atoms with E-state index in [0.29, 0.717) is 16.7 Å². The van der Waals surface area contributed by atoms with Crippen LogP contribution >= 0.6 is 22.6 Å². The number of halogens is 1. The molecule has 0 saturated carbocycles. The molecule has 0 heterocycles. The molecule has 7 N–H and O–H groups in total. The number of carboxylic acids is 3. The Kier molecular flexibility index (Phi) is 41.0. The molecule has 0 unspecified atom stereocenters. The Morgan fingerprint density at radius 3 is 1.38 bits per heavy atom. The maximum atomic E-state index is 10.7. The van der Waals surface area contributed by atoms with E-state index in [1.54, 1.807) is 42.5 Å². The molecule has 3 aromatic rings. The fourth-order valence-corrected chi connectivity index (χ4v) is 3.21. The van der Waals surface area contributed by atoms with Crippen LogP contribution < -0.4 is 11.5 Å². The quantitative estimate of drug-likeness (QED) is 0.0749. The molecule has 0 aliphatic carbocycles. The van der Waals surface area contributed by atoms with Gasteiger partial charge in [-0.15, -0.1) is 18.4 Å². The van der Waals surface area contributed by atoms with Crippen molar-refractivity contribution in [2.75, 3.05) is 0 Å². The van der Waals surface area contributed by atoms with Crippen LogP contribution in [0.5, 0.6) is 0 Å². The van der Waals surface area contributed by atoms with Crippen LogP contribution in [-0.2, 0) is 21.1 Å². The van der Waals surface area contributed by atoms with E-state index in [1.165, 1.54) is 18.3 Å². The van der Waals surface area contributed by atoms with Gasteiger partial charge < -0.3 is 33.4 Å². The Morgan fingerprint density at radius 2 is 1.08 bits per heavy atom. The number of carboxylic acid groups (broad SMARTS) is 3. The van der Waals surface area contributed by atoms with Gasteiger partial charge in [-0.3, -0.25) is 0 Å². The van der Waals surface area contributed by atoms with Crippen LogP contribution in [0.15, 0.2) is 73.1 Å². The summed E-state index contributed by atoms with van der Waals surface area (Å²) in [6.45, 7) is 24.6. The first-order valence-electron chi connectivity index (χ1n) is 15.6. The van der Waals surface area contributed by atoms with Crippen LogP contribution in [0.25, 0.3) is 0 Å². The van der Waals surface area contributed by atoms with E-state index in [1.807, 2.05) is 54.5 Å². The monoisotopic (exact) mass is 1030 g/mol. The molecule has 0 fully saturated rings. The Labute approximate surface area is 351 Å². The van der Waals surface area contributed by atoms with Crippen molar-refractivity contribution in [2.45, 2.75) is 75.5 Å². The van der Waals surface area contributed by atoms with Crippen molar-refractivity contribution < 1.29 is 53.6 Å². The van der Waals surface area contributed by atoms with Gasteiger partial charge in [-0.1, -0.05) is 90.7 Å². The summed E-state index contributed by atoms with van der Waals surface area (Å²) in [4.78, 5) is 31.7. The first-order valence-corrected chi connectivity index (χ1v) is 20.2. The fraction of sp³-hybridized carbons (Fsp3) is 0.262. The predicted octanol–water partition coefficient (Wildman–Crippen LogP) is 10.1. The largest absolute Gasteiger partial charge is 0.497 e. The molecule has 3 rings (SSSR count). The summed E-state index contributed by atoms with van der Waals surface area (Å²) >= 11 is 2.12. The van der Waals surface area contributed by atoms with Crippen LogP contribution in [0.2, 0.25) is 19.6 Å². The number of benzene rings is 3. The van der Waals surface area contributed by atoms with Gasteiger partial charge in [0.15, 0.2) is 0 Å². The van der Waals surface area contributed by atoms with E-state index in [0.717, 1.165) is 26.5 Å². The summed E-state index contributed by atoms with van der Waals surface area (Å²) < 4.78 is 0.988. The zero-order valence-electron chi connectivity index (χ0n) is 31.7. The number of hydrogen-bond acceptors (Lipinski definition) is 5. The molecule has 0 spiro atoms. The normalized spacial score (nSPS) is 8.40. The first-order chi connectivity index (χ1) is 23.9. The van der Waals surface area contributed by atoms with E-state index in [2.05, 4.69) is 77.8 Å². The van der Waals surface area contributed by atoms with E-state index >= 15 is 0 Å². The van der Waals surface area contributed by atoms with Crippen LogP contribution in [0.3, 0.4) is 0 Å². The molecule has 292 valence electrons. The van der Waals surface area contributed by atoms with Crippen molar-refractivity contribution in [1.82, 2.24) is 0 Å². The second-order valence-electron chi connectivity index (χ2n) is 10.3. The van der Waals surface area contributed by atoms with Gasteiger partial charge in [0, 0.05) is 50.9 Å². The van der Waals surface area contributed by atoms with Crippen molar-refractivity contribution in [2.24, 2.45) is 11.5 Å². The summed E-state index contributed by atoms with van der Waals surface area (Å²) in [5.41, 5.74) is 17.5. The second-order valence-corrected chi connectivity index (χ2v) is 16.2. The third-order valence-electron chi connectivity index (χ3n) is 5.36. The number of terminal acetylenes is 2. The first kappa shape index (κ1) is 60.6. The minimum Gasteiger partial charge on any atom is -0.497 e. The molecule has 0 aromatic heterocycles. The molecular formula is C42H60IN2O6SiW-. The van der Waals surface area contributed by atoms with Crippen LogP contribution in [-0.4, -0.2) is 41.3 Å². The molecule has 0 amide bonds. The number of aromatic carboxylic acids is 3. The zero-order chi connectivity index (χ0) is 40.7. The summed E-state index contributed by atoms with van der Waals surface area (Å²) in [5, 5.41) is 26.0. The molecular weight excluding hydrogens is 967 g/mol. The number of rotatable bonds is 3. The number of allylic oxidation sites excluding steroid dienone is 1. The second kappa shape index (κ2) is 35.8. The Balaban J connectivity index is -0.0000000848. The van der Waals surface area contributed by atoms with E-state index in [-0.39, 0.29) is 42.5 Å². The predicted molar refractivity (Wildman–Crippen MR) is 234 cm³/mol. The SMILES string of the molecule is C.C#C[Si](C)(C)C.C#Cc1cc(C(=O)O)ccc1C.CC.CC.Cc1ccc(C(=O)O)cc1C#C/C=C/N.Cc1ccc(C(=O)O)cc1I.[3HH].[3HH].[CH-]=CN.[W]. The van der Waals surface area contributed by atoms with Crippen LogP contribution in [0, 0.1) is 67.1 Å². The third kappa shape index (κ3) is 30.8. The standard InChI is InChI=1S/C12H11NO2.C10H8O2.C8H7IO2.C5H10Si.C2H4N.2C2H6.CH4.W.2H2/c1-9-5-6-11(12(14)15)8-10(9)4-2-3-7-13;1-3-8-6-9(10(11)12)5-4-7(8)2;1-5-2-3-6(8(10)11)4-7(5)9;1-5-6(2,3)4;1-2-3;2*1-2;;;;/h3,5-8H,13H2,1H3,(H,14,15);1,4-6H,2H3,(H,11,12);2-4H,1H3,(H,10,11);1H,2-4H3;1-2H,3H2;2*1-2H3;1H4;;2*1H/q;;;;-1;;;;;;/b7-3+;;;;;;;;;;/i;;;;;;;;;2*1+2. The van der Waals surface area contributed by atoms with Gasteiger partial charge >= 0.3 is 17.9 Å². The van der Waals surface area contributed by atoms with Crippen molar-refractivity contribution in [3.8, 4) is 36.2 Å². The van der Waals surface area contributed by atoms with Crippen molar-refractivity contribution >= 4 is 48.6 Å². The average Bonchev–Trinajstić information content (AvgIpc) is 3.09. The Bertz CT molecular complexity index is 1740. The van der Waals surface area contributed by atoms with Gasteiger partial charge in [-0.2, -0.15) is 6.20 Å². The molecule has 8 nitrogen and oxygen atoms in total. The summed E-state index contributed by atoms with van der Waals surface area (Å²) in [6, 6.07) is 14.7. The smallest absolute Gasteiger partial charge is 0.335 e. The molecule has 0 bridgehead atoms. The van der Waals surface area contributed by atoms with E-state index in [9.17, 15) is 14.4 Å². The average molecular weight is 1030 g/mol.